The van der Waals surface area contributed by atoms with E-state index < -0.39 is 23.4 Å². The molecule has 0 atom stereocenters. The Morgan fingerprint density at radius 1 is 1.31 bits per heavy atom. The zero-order chi connectivity index (χ0) is 12.3. The van der Waals surface area contributed by atoms with Crippen LogP contribution in [-0.2, 0) is 0 Å². The molecule has 0 heterocycles. The van der Waals surface area contributed by atoms with Crippen LogP contribution in [0.2, 0.25) is 0 Å². The van der Waals surface area contributed by atoms with Gasteiger partial charge in [-0.3, -0.25) is 0 Å². The van der Waals surface area contributed by atoms with Crippen molar-refractivity contribution in [2.24, 2.45) is 0 Å². The fourth-order valence-electron chi connectivity index (χ4n) is 1.18. The van der Waals surface area contributed by atoms with Crippen molar-refractivity contribution in [2.45, 2.75) is 26.8 Å². The number of benzene rings is 1. The van der Waals surface area contributed by atoms with Crippen molar-refractivity contribution in [3.05, 3.63) is 29.3 Å². The molecule has 0 aliphatic carbocycles. The minimum atomic E-state index is -0.790. The van der Waals surface area contributed by atoms with E-state index in [4.69, 9.17) is 0 Å². The normalized spacial score (nSPS) is 10.4. The number of carbonyl (C=O) groups is 1. The first kappa shape index (κ1) is 12.4. The number of aryl methyl sites for hydroxylation is 1. The number of rotatable bonds is 2. The van der Waals surface area contributed by atoms with Gasteiger partial charge in [-0.25, -0.2) is 13.6 Å². The third kappa shape index (κ3) is 2.92. The van der Waals surface area contributed by atoms with E-state index in [1.165, 1.54) is 13.0 Å². The first-order valence-electron chi connectivity index (χ1n) is 4.94. The molecular weight excluding hydrogens is 214 g/mol. The highest BCUT2D eigenvalue weighted by molar-refractivity contribution is 5.89. The SMILES string of the molecule is Cc1ccc(F)c(NC(=O)NC(C)C)c1F. The summed E-state index contributed by atoms with van der Waals surface area (Å²) in [6.45, 7) is 5.01. The van der Waals surface area contributed by atoms with Crippen molar-refractivity contribution in [3.63, 3.8) is 0 Å². The summed E-state index contributed by atoms with van der Waals surface area (Å²) in [7, 11) is 0. The lowest BCUT2D eigenvalue weighted by molar-refractivity contribution is 0.249. The number of carbonyl (C=O) groups excluding carboxylic acids is 1. The van der Waals surface area contributed by atoms with Crippen LogP contribution in [0, 0.1) is 18.6 Å². The topological polar surface area (TPSA) is 41.1 Å². The Bertz CT molecular complexity index is 405. The quantitative estimate of drug-likeness (QED) is 0.802. The molecule has 0 aromatic heterocycles. The van der Waals surface area contributed by atoms with Gasteiger partial charge in [0.1, 0.15) is 11.5 Å². The molecule has 0 fully saturated rings. The number of urea groups is 1. The summed E-state index contributed by atoms with van der Waals surface area (Å²) in [5, 5.41) is 4.63. The van der Waals surface area contributed by atoms with Crippen LogP contribution in [0.25, 0.3) is 0 Å². The van der Waals surface area contributed by atoms with Gasteiger partial charge < -0.3 is 10.6 Å². The molecule has 0 spiro atoms. The number of nitrogens with one attached hydrogen (secondary N) is 2. The van der Waals surface area contributed by atoms with E-state index in [0.717, 1.165) is 6.07 Å². The van der Waals surface area contributed by atoms with E-state index in [1.807, 2.05) is 0 Å². The van der Waals surface area contributed by atoms with Gasteiger partial charge in [0.25, 0.3) is 0 Å². The van der Waals surface area contributed by atoms with E-state index in [9.17, 15) is 13.6 Å². The predicted octanol–water partition coefficient (Wildman–Crippen LogP) is 2.80. The summed E-state index contributed by atoms with van der Waals surface area (Å²) in [5.41, 5.74) is -0.139. The van der Waals surface area contributed by atoms with E-state index in [1.54, 1.807) is 13.8 Å². The van der Waals surface area contributed by atoms with Gasteiger partial charge in [0.05, 0.1) is 0 Å². The number of amides is 2. The van der Waals surface area contributed by atoms with Crippen molar-refractivity contribution in [3.8, 4) is 0 Å². The summed E-state index contributed by atoms with van der Waals surface area (Å²) in [4.78, 5) is 11.3. The minimum Gasteiger partial charge on any atom is -0.336 e. The Kier molecular flexibility index (Phi) is 3.82. The summed E-state index contributed by atoms with van der Waals surface area (Å²) in [5.74, 6) is -1.54. The average molecular weight is 228 g/mol. The van der Waals surface area contributed by atoms with E-state index in [0.29, 0.717) is 0 Å². The Balaban J connectivity index is 2.88. The highest BCUT2D eigenvalue weighted by atomic mass is 19.1. The molecular formula is C11H14F2N2O. The molecule has 88 valence electrons. The molecule has 2 amide bonds. The van der Waals surface area contributed by atoms with Gasteiger partial charge in [-0.15, -0.1) is 0 Å². The zero-order valence-electron chi connectivity index (χ0n) is 9.40. The maximum atomic E-state index is 13.5. The Morgan fingerprint density at radius 3 is 2.50 bits per heavy atom. The minimum absolute atomic E-state index is 0.101. The molecule has 0 saturated heterocycles. The highest BCUT2D eigenvalue weighted by Crippen LogP contribution is 2.21. The van der Waals surface area contributed by atoms with Crippen LogP contribution in [0.4, 0.5) is 19.3 Å². The molecule has 16 heavy (non-hydrogen) atoms. The molecule has 0 unspecified atom stereocenters. The number of hydrogen-bond donors (Lipinski definition) is 2. The maximum Gasteiger partial charge on any atom is 0.319 e. The number of hydrogen-bond acceptors (Lipinski definition) is 1. The van der Waals surface area contributed by atoms with Gasteiger partial charge in [-0.2, -0.15) is 0 Å². The van der Waals surface area contributed by atoms with Crippen molar-refractivity contribution in [1.82, 2.24) is 5.32 Å². The monoisotopic (exact) mass is 228 g/mol. The molecule has 3 nitrogen and oxygen atoms in total. The second-order valence-electron chi connectivity index (χ2n) is 3.81. The Labute approximate surface area is 92.8 Å². The lowest BCUT2D eigenvalue weighted by Gasteiger charge is -2.12. The summed E-state index contributed by atoms with van der Waals surface area (Å²) >= 11 is 0. The highest BCUT2D eigenvalue weighted by Gasteiger charge is 2.14. The fourth-order valence-corrected chi connectivity index (χ4v) is 1.18. The Morgan fingerprint density at radius 2 is 1.94 bits per heavy atom. The lowest BCUT2D eigenvalue weighted by Crippen LogP contribution is -2.34. The van der Waals surface area contributed by atoms with Crippen LogP contribution in [0.1, 0.15) is 19.4 Å². The predicted molar refractivity (Wildman–Crippen MR) is 58.4 cm³/mol. The standard InChI is InChI=1S/C11H14F2N2O/c1-6(2)14-11(16)15-10-8(12)5-4-7(3)9(10)13/h4-6H,1-3H3,(H2,14,15,16). The number of anilines is 1. The Hall–Kier alpha value is -1.65. The maximum absolute atomic E-state index is 13.5. The third-order valence-corrected chi connectivity index (χ3v) is 1.94. The second-order valence-corrected chi connectivity index (χ2v) is 3.81. The van der Waals surface area contributed by atoms with Crippen LogP contribution in [0.3, 0.4) is 0 Å². The van der Waals surface area contributed by atoms with Gasteiger partial charge in [0, 0.05) is 6.04 Å². The summed E-state index contributed by atoms with van der Waals surface area (Å²) < 4.78 is 26.7. The van der Waals surface area contributed by atoms with E-state index >= 15 is 0 Å². The van der Waals surface area contributed by atoms with Crippen LogP contribution in [-0.4, -0.2) is 12.1 Å². The summed E-state index contributed by atoms with van der Waals surface area (Å²) in [6, 6.07) is 1.70. The molecule has 0 radical (unpaired) electrons. The van der Waals surface area contributed by atoms with Crippen LogP contribution >= 0.6 is 0 Å². The zero-order valence-corrected chi connectivity index (χ0v) is 9.40. The molecule has 0 bridgehead atoms. The third-order valence-electron chi connectivity index (χ3n) is 1.94. The lowest BCUT2D eigenvalue weighted by atomic mass is 10.2. The van der Waals surface area contributed by atoms with Crippen molar-refractivity contribution in [2.75, 3.05) is 5.32 Å². The summed E-state index contributed by atoms with van der Waals surface area (Å²) in [6.07, 6.45) is 0. The van der Waals surface area contributed by atoms with Crippen LogP contribution in [0.15, 0.2) is 12.1 Å². The smallest absolute Gasteiger partial charge is 0.319 e. The first-order valence-corrected chi connectivity index (χ1v) is 4.94. The molecule has 0 aliphatic rings. The first-order chi connectivity index (χ1) is 7.41. The van der Waals surface area contributed by atoms with Crippen LogP contribution < -0.4 is 10.6 Å². The molecule has 5 heteroatoms. The molecule has 0 saturated carbocycles. The van der Waals surface area contributed by atoms with Gasteiger partial charge in [0.2, 0.25) is 0 Å². The van der Waals surface area contributed by atoms with E-state index in [-0.39, 0.29) is 11.6 Å². The average Bonchev–Trinajstić information content (AvgIpc) is 2.17. The van der Waals surface area contributed by atoms with Crippen molar-refractivity contribution >= 4 is 11.7 Å². The van der Waals surface area contributed by atoms with Gasteiger partial charge >= 0.3 is 6.03 Å². The van der Waals surface area contributed by atoms with Gasteiger partial charge in [0.15, 0.2) is 5.82 Å². The van der Waals surface area contributed by atoms with Gasteiger partial charge in [-0.1, -0.05) is 6.07 Å². The van der Waals surface area contributed by atoms with Crippen molar-refractivity contribution in [1.29, 1.82) is 0 Å². The second kappa shape index (κ2) is 4.92. The molecule has 0 aliphatic heterocycles. The fraction of sp³-hybridized carbons (Fsp3) is 0.364. The molecule has 1 rings (SSSR count). The van der Waals surface area contributed by atoms with Crippen LogP contribution in [0.5, 0.6) is 0 Å². The van der Waals surface area contributed by atoms with Gasteiger partial charge in [-0.05, 0) is 32.4 Å². The molecule has 1 aromatic carbocycles. The molecule has 2 N–H and O–H groups in total. The largest absolute Gasteiger partial charge is 0.336 e. The van der Waals surface area contributed by atoms with E-state index in [2.05, 4.69) is 10.6 Å². The van der Waals surface area contributed by atoms with Crippen molar-refractivity contribution < 1.29 is 13.6 Å². The molecule has 1 aromatic rings. The number of halogens is 2.